The van der Waals surface area contributed by atoms with Crippen molar-refractivity contribution in [3.8, 4) is 5.75 Å². The van der Waals surface area contributed by atoms with Crippen LogP contribution < -0.4 is 11.1 Å². The molecular weight excluding hydrogens is 228 g/mol. The lowest BCUT2D eigenvalue weighted by Gasteiger charge is -2.04. The van der Waals surface area contributed by atoms with Crippen LogP contribution in [0.4, 0.5) is 5.69 Å². The van der Waals surface area contributed by atoms with Crippen molar-refractivity contribution in [2.75, 3.05) is 12.3 Å². The van der Waals surface area contributed by atoms with Gasteiger partial charge in [-0.3, -0.25) is 4.79 Å². The third kappa shape index (κ3) is 3.47. The van der Waals surface area contributed by atoms with Crippen molar-refractivity contribution < 1.29 is 9.90 Å². The summed E-state index contributed by atoms with van der Waals surface area (Å²) in [5, 5.41) is 12.7. The quantitative estimate of drug-likeness (QED) is 0.557. The number of benzene rings is 1. The van der Waals surface area contributed by atoms with Gasteiger partial charge in [0.1, 0.15) is 5.75 Å². The maximum Gasteiger partial charge on any atom is 0.217 e. The molecule has 0 aromatic heterocycles. The fourth-order valence-corrected chi connectivity index (χ4v) is 1.39. The van der Waals surface area contributed by atoms with Crippen LogP contribution in [0.5, 0.6) is 5.75 Å². The lowest BCUT2D eigenvalue weighted by Crippen LogP contribution is -2.19. The molecule has 0 saturated carbocycles. The summed E-state index contributed by atoms with van der Waals surface area (Å²) < 4.78 is 0. The topological polar surface area (TPSA) is 75.4 Å². The number of carbonyl (C=O) groups is 1. The van der Waals surface area contributed by atoms with Crippen molar-refractivity contribution in [1.82, 2.24) is 5.32 Å². The molecule has 0 spiro atoms. The molecule has 0 atom stereocenters. The minimum absolute atomic E-state index is 0.0107. The van der Waals surface area contributed by atoms with Gasteiger partial charge in [-0.15, -0.1) is 0 Å². The summed E-state index contributed by atoms with van der Waals surface area (Å²) in [6.45, 7) is 1.82. The Morgan fingerprint density at radius 2 is 2.31 bits per heavy atom. The fraction of sp³-hybridized carbons (Fsp3) is 0.182. The van der Waals surface area contributed by atoms with Crippen molar-refractivity contribution >= 4 is 29.3 Å². The lowest BCUT2D eigenvalue weighted by atomic mass is 10.1. The second-order valence-corrected chi connectivity index (χ2v) is 3.71. The number of halogens is 1. The first-order chi connectivity index (χ1) is 7.50. The lowest BCUT2D eigenvalue weighted by molar-refractivity contribution is -0.118. The maximum atomic E-state index is 10.6. The highest BCUT2D eigenvalue weighted by Gasteiger charge is 2.03. The SMILES string of the molecule is CC(=O)NCC=Cc1cc(Cl)cc(N)c1O. The fourth-order valence-electron chi connectivity index (χ4n) is 1.16. The zero-order chi connectivity index (χ0) is 12.1. The van der Waals surface area contributed by atoms with Crippen LogP contribution in [-0.2, 0) is 4.79 Å². The number of carbonyl (C=O) groups excluding carboxylic acids is 1. The van der Waals surface area contributed by atoms with Gasteiger partial charge in [0.05, 0.1) is 5.69 Å². The first-order valence-corrected chi connectivity index (χ1v) is 5.07. The Morgan fingerprint density at radius 1 is 1.62 bits per heavy atom. The smallest absolute Gasteiger partial charge is 0.217 e. The molecule has 86 valence electrons. The third-order valence-corrected chi connectivity index (χ3v) is 2.12. The molecule has 1 rings (SSSR count). The average Bonchev–Trinajstić information content (AvgIpc) is 2.19. The minimum atomic E-state index is -0.112. The van der Waals surface area contributed by atoms with Crippen molar-refractivity contribution in [2.45, 2.75) is 6.92 Å². The monoisotopic (exact) mass is 240 g/mol. The van der Waals surface area contributed by atoms with E-state index in [1.54, 1.807) is 18.2 Å². The number of anilines is 1. The summed E-state index contributed by atoms with van der Waals surface area (Å²) in [4.78, 5) is 10.6. The van der Waals surface area contributed by atoms with Crippen molar-refractivity contribution in [3.63, 3.8) is 0 Å². The van der Waals surface area contributed by atoms with Crippen molar-refractivity contribution in [1.29, 1.82) is 0 Å². The van der Waals surface area contributed by atoms with E-state index in [1.165, 1.54) is 13.0 Å². The molecule has 0 bridgehead atoms. The molecule has 0 unspecified atom stereocenters. The number of hydrogen-bond acceptors (Lipinski definition) is 3. The molecule has 1 aromatic rings. The van der Waals surface area contributed by atoms with E-state index in [2.05, 4.69) is 5.32 Å². The highest BCUT2D eigenvalue weighted by atomic mass is 35.5. The number of nitrogens with one attached hydrogen (secondary N) is 1. The Kier molecular flexibility index (Phi) is 4.19. The molecule has 1 amide bonds. The number of hydrogen-bond donors (Lipinski definition) is 3. The van der Waals surface area contributed by atoms with Crippen LogP contribution in [0, 0.1) is 0 Å². The first-order valence-electron chi connectivity index (χ1n) is 4.69. The zero-order valence-corrected chi connectivity index (χ0v) is 9.58. The van der Waals surface area contributed by atoms with E-state index >= 15 is 0 Å². The molecule has 16 heavy (non-hydrogen) atoms. The number of nitrogen functional groups attached to an aromatic ring is 1. The van der Waals surface area contributed by atoms with Crippen LogP contribution >= 0.6 is 11.6 Å². The van der Waals surface area contributed by atoms with Crippen LogP contribution in [0.25, 0.3) is 6.08 Å². The molecule has 0 heterocycles. The normalized spacial score (nSPS) is 10.6. The third-order valence-electron chi connectivity index (χ3n) is 1.90. The molecule has 0 aliphatic carbocycles. The second kappa shape index (κ2) is 5.42. The van der Waals surface area contributed by atoms with Gasteiger partial charge in [0.15, 0.2) is 0 Å². The number of nitrogens with two attached hydrogens (primary N) is 1. The Balaban J connectivity index is 2.77. The Morgan fingerprint density at radius 3 is 2.94 bits per heavy atom. The number of aromatic hydroxyl groups is 1. The van der Waals surface area contributed by atoms with Gasteiger partial charge >= 0.3 is 0 Å². The van der Waals surface area contributed by atoms with Gasteiger partial charge in [0.2, 0.25) is 5.91 Å². The molecule has 4 nitrogen and oxygen atoms in total. The standard InChI is InChI=1S/C11H13ClN2O2/c1-7(15)14-4-2-3-8-5-9(12)6-10(13)11(8)16/h2-3,5-6,16H,4,13H2,1H3,(H,14,15). The van der Waals surface area contributed by atoms with Crippen LogP contribution in [0.1, 0.15) is 12.5 Å². The maximum absolute atomic E-state index is 10.6. The molecule has 1 aromatic carbocycles. The second-order valence-electron chi connectivity index (χ2n) is 3.27. The predicted octanol–water partition coefficient (Wildman–Crippen LogP) is 1.78. The molecule has 0 fully saturated rings. The summed E-state index contributed by atoms with van der Waals surface area (Å²) in [5.41, 5.74) is 6.29. The Labute approximate surface area is 98.7 Å². The van der Waals surface area contributed by atoms with E-state index < -0.39 is 0 Å². The van der Waals surface area contributed by atoms with E-state index in [9.17, 15) is 9.90 Å². The zero-order valence-electron chi connectivity index (χ0n) is 8.83. The summed E-state index contributed by atoms with van der Waals surface area (Å²) in [5.74, 6) is -0.122. The Hall–Kier alpha value is -1.68. The van der Waals surface area contributed by atoms with Gasteiger partial charge in [0, 0.05) is 24.1 Å². The Bertz CT molecular complexity index is 430. The van der Waals surface area contributed by atoms with Gasteiger partial charge in [-0.05, 0) is 12.1 Å². The van der Waals surface area contributed by atoms with Crippen LogP contribution in [-0.4, -0.2) is 17.6 Å². The molecule has 5 heteroatoms. The molecule has 0 aliphatic rings. The molecule has 0 saturated heterocycles. The van der Waals surface area contributed by atoms with Crippen molar-refractivity contribution in [3.05, 3.63) is 28.8 Å². The van der Waals surface area contributed by atoms with Gasteiger partial charge in [0.25, 0.3) is 0 Å². The van der Waals surface area contributed by atoms with E-state index in [-0.39, 0.29) is 17.3 Å². The molecule has 0 radical (unpaired) electrons. The average molecular weight is 241 g/mol. The largest absolute Gasteiger partial charge is 0.505 e. The number of phenolic OH excluding ortho intramolecular Hbond substituents is 1. The highest BCUT2D eigenvalue weighted by molar-refractivity contribution is 6.31. The highest BCUT2D eigenvalue weighted by Crippen LogP contribution is 2.29. The van der Waals surface area contributed by atoms with Gasteiger partial charge in [-0.2, -0.15) is 0 Å². The molecule has 0 aliphatic heterocycles. The first kappa shape index (κ1) is 12.4. The van der Waals surface area contributed by atoms with Crippen LogP contribution in [0.3, 0.4) is 0 Å². The van der Waals surface area contributed by atoms with Crippen LogP contribution in [0.15, 0.2) is 18.2 Å². The summed E-state index contributed by atoms with van der Waals surface area (Å²) >= 11 is 5.79. The number of phenols is 1. The van der Waals surface area contributed by atoms with Gasteiger partial charge in [-0.25, -0.2) is 0 Å². The van der Waals surface area contributed by atoms with E-state index in [0.717, 1.165) is 0 Å². The van der Waals surface area contributed by atoms with E-state index in [4.69, 9.17) is 17.3 Å². The predicted molar refractivity (Wildman–Crippen MR) is 65.2 cm³/mol. The number of rotatable bonds is 3. The summed E-state index contributed by atoms with van der Waals surface area (Å²) in [7, 11) is 0. The molecular formula is C11H13ClN2O2. The minimum Gasteiger partial charge on any atom is -0.505 e. The van der Waals surface area contributed by atoms with Gasteiger partial charge < -0.3 is 16.2 Å². The van der Waals surface area contributed by atoms with Crippen molar-refractivity contribution in [2.24, 2.45) is 0 Å². The van der Waals surface area contributed by atoms with E-state index in [1.807, 2.05) is 0 Å². The summed E-state index contributed by atoms with van der Waals surface area (Å²) in [6, 6.07) is 3.07. The number of amides is 1. The molecule has 4 N–H and O–H groups in total. The summed E-state index contributed by atoms with van der Waals surface area (Å²) in [6.07, 6.45) is 3.35. The van der Waals surface area contributed by atoms with Crippen LogP contribution in [0.2, 0.25) is 5.02 Å². The van der Waals surface area contributed by atoms with E-state index in [0.29, 0.717) is 17.1 Å². The van der Waals surface area contributed by atoms with Gasteiger partial charge in [-0.1, -0.05) is 23.8 Å².